The molecule has 120 valence electrons. The van der Waals surface area contributed by atoms with E-state index in [9.17, 15) is 19.7 Å². The molecule has 0 aliphatic heterocycles. The summed E-state index contributed by atoms with van der Waals surface area (Å²) in [5.74, 6) is -0.886. The molecule has 0 radical (unpaired) electrons. The Balaban J connectivity index is 2.35. The lowest BCUT2D eigenvalue weighted by molar-refractivity contribution is -0.384. The number of fused-ring (bicyclic) bond motifs is 1. The van der Waals surface area contributed by atoms with Crippen LogP contribution in [0.3, 0.4) is 0 Å². The zero-order valence-electron chi connectivity index (χ0n) is 12.5. The number of carbonyl (C=O) groups excluding carboxylic acids is 1. The van der Waals surface area contributed by atoms with Gasteiger partial charge in [-0.05, 0) is 6.07 Å². The van der Waals surface area contributed by atoms with Gasteiger partial charge in [0.05, 0.1) is 10.3 Å². The van der Waals surface area contributed by atoms with Gasteiger partial charge in [-0.3, -0.25) is 19.7 Å². The number of nitro benzene ring substituents is 1. The highest BCUT2D eigenvalue weighted by Gasteiger charge is 2.20. The molecule has 0 fully saturated rings. The number of rotatable bonds is 3. The van der Waals surface area contributed by atoms with E-state index in [1.54, 1.807) is 30.3 Å². The van der Waals surface area contributed by atoms with Crippen LogP contribution in [0.4, 0.5) is 5.69 Å². The van der Waals surface area contributed by atoms with Gasteiger partial charge in [0, 0.05) is 24.6 Å². The minimum absolute atomic E-state index is 0.0277. The molecule has 0 N–H and O–H groups in total. The van der Waals surface area contributed by atoms with Crippen LogP contribution in [0.1, 0.15) is 6.92 Å². The smallest absolute Gasteiger partial charge is 0.308 e. The van der Waals surface area contributed by atoms with Crippen LogP contribution >= 0.6 is 0 Å². The first-order valence-electron chi connectivity index (χ1n) is 6.96. The first-order valence-corrected chi connectivity index (χ1v) is 6.96. The molecule has 0 saturated heterocycles. The summed E-state index contributed by atoms with van der Waals surface area (Å²) in [5, 5.41) is 10.9. The standard InChI is InChI=1S/C17H11NO6/c1-10(19)23-17-15(20)13-9-12(18(21)22)7-8-14(13)24-16(17)11-5-3-2-4-6-11/h2-9H,1H3. The second-order valence-electron chi connectivity index (χ2n) is 4.99. The van der Waals surface area contributed by atoms with Crippen molar-refractivity contribution in [3.05, 3.63) is 68.9 Å². The Labute approximate surface area is 135 Å². The summed E-state index contributed by atoms with van der Waals surface area (Å²) in [4.78, 5) is 34.3. The van der Waals surface area contributed by atoms with Crippen LogP contribution in [0.5, 0.6) is 5.75 Å². The van der Waals surface area contributed by atoms with E-state index < -0.39 is 16.3 Å². The van der Waals surface area contributed by atoms with Gasteiger partial charge in [-0.15, -0.1) is 0 Å². The average Bonchev–Trinajstić information content (AvgIpc) is 2.57. The third-order valence-corrected chi connectivity index (χ3v) is 3.32. The number of hydrogen-bond donors (Lipinski definition) is 0. The molecule has 7 nitrogen and oxygen atoms in total. The second kappa shape index (κ2) is 5.96. The van der Waals surface area contributed by atoms with E-state index >= 15 is 0 Å². The lowest BCUT2D eigenvalue weighted by atomic mass is 10.1. The van der Waals surface area contributed by atoms with Crippen LogP contribution in [0.15, 0.2) is 57.7 Å². The Bertz CT molecular complexity index is 1010. The molecule has 3 aromatic rings. The van der Waals surface area contributed by atoms with Crippen molar-refractivity contribution in [3.8, 4) is 17.1 Å². The van der Waals surface area contributed by atoms with Crippen molar-refractivity contribution in [3.63, 3.8) is 0 Å². The normalized spacial score (nSPS) is 10.5. The maximum Gasteiger partial charge on any atom is 0.308 e. The summed E-state index contributed by atoms with van der Waals surface area (Å²) in [5.41, 5.74) is -0.184. The highest BCUT2D eigenvalue weighted by molar-refractivity contribution is 5.85. The number of carbonyl (C=O) groups is 1. The molecule has 0 unspecified atom stereocenters. The molecule has 1 aromatic heterocycles. The molecule has 24 heavy (non-hydrogen) atoms. The Morgan fingerprint density at radius 2 is 1.88 bits per heavy atom. The highest BCUT2D eigenvalue weighted by atomic mass is 16.6. The Morgan fingerprint density at radius 3 is 2.50 bits per heavy atom. The van der Waals surface area contributed by atoms with E-state index in [-0.39, 0.29) is 28.2 Å². The van der Waals surface area contributed by atoms with E-state index in [1.807, 2.05) is 0 Å². The SMILES string of the molecule is CC(=O)Oc1c(-c2ccccc2)oc2ccc([N+](=O)[O-])cc2c1=O. The minimum Gasteiger partial charge on any atom is -0.452 e. The lowest BCUT2D eigenvalue weighted by Gasteiger charge is -2.09. The van der Waals surface area contributed by atoms with Gasteiger partial charge < -0.3 is 9.15 Å². The number of nitro groups is 1. The molecule has 2 aromatic carbocycles. The molecule has 0 aliphatic carbocycles. The lowest BCUT2D eigenvalue weighted by Crippen LogP contribution is -2.13. The van der Waals surface area contributed by atoms with Crippen molar-refractivity contribution in [2.24, 2.45) is 0 Å². The summed E-state index contributed by atoms with van der Waals surface area (Å²) in [6.07, 6.45) is 0. The summed E-state index contributed by atoms with van der Waals surface area (Å²) < 4.78 is 10.7. The van der Waals surface area contributed by atoms with Crippen molar-refractivity contribution in [1.29, 1.82) is 0 Å². The van der Waals surface area contributed by atoms with Gasteiger partial charge in [0.2, 0.25) is 11.2 Å². The number of hydrogen-bond acceptors (Lipinski definition) is 6. The van der Waals surface area contributed by atoms with Crippen molar-refractivity contribution >= 4 is 22.6 Å². The van der Waals surface area contributed by atoms with Crippen molar-refractivity contribution in [1.82, 2.24) is 0 Å². The van der Waals surface area contributed by atoms with E-state index in [1.165, 1.54) is 12.1 Å². The van der Waals surface area contributed by atoms with Crippen molar-refractivity contribution < 1.29 is 18.9 Å². The van der Waals surface area contributed by atoms with Gasteiger partial charge in [0.1, 0.15) is 5.58 Å². The van der Waals surface area contributed by atoms with Gasteiger partial charge >= 0.3 is 5.97 Å². The second-order valence-corrected chi connectivity index (χ2v) is 4.99. The van der Waals surface area contributed by atoms with Crippen molar-refractivity contribution in [2.75, 3.05) is 0 Å². The van der Waals surface area contributed by atoms with E-state index in [0.29, 0.717) is 5.56 Å². The van der Waals surface area contributed by atoms with Crippen LogP contribution in [-0.4, -0.2) is 10.9 Å². The largest absolute Gasteiger partial charge is 0.452 e. The molecule has 0 atom stereocenters. The zero-order chi connectivity index (χ0) is 17.3. The highest BCUT2D eigenvalue weighted by Crippen LogP contribution is 2.31. The van der Waals surface area contributed by atoms with Crippen LogP contribution in [-0.2, 0) is 4.79 Å². The van der Waals surface area contributed by atoms with Gasteiger partial charge in [-0.1, -0.05) is 30.3 Å². The van der Waals surface area contributed by atoms with Crippen LogP contribution in [0, 0.1) is 10.1 Å². The summed E-state index contributed by atoms with van der Waals surface area (Å²) in [6.45, 7) is 1.16. The molecular formula is C17H11NO6. The molecule has 7 heteroatoms. The summed E-state index contributed by atoms with van der Waals surface area (Å²) in [6, 6.07) is 12.4. The first-order chi connectivity index (χ1) is 11.5. The predicted molar refractivity (Wildman–Crippen MR) is 85.9 cm³/mol. The van der Waals surface area contributed by atoms with Crippen LogP contribution < -0.4 is 10.2 Å². The summed E-state index contributed by atoms with van der Waals surface area (Å²) in [7, 11) is 0. The van der Waals surface area contributed by atoms with Gasteiger partial charge in [0.15, 0.2) is 5.76 Å². The predicted octanol–water partition coefficient (Wildman–Crippen LogP) is 3.29. The molecule has 3 rings (SSSR count). The number of esters is 1. The molecule has 0 saturated carbocycles. The number of benzene rings is 2. The maximum atomic E-state index is 12.7. The molecule has 0 aliphatic rings. The monoisotopic (exact) mass is 325 g/mol. The fraction of sp³-hybridized carbons (Fsp3) is 0.0588. The molecule has 0 bridgehead atoms. The van der Waals surface area contributed by atoms with Gasteiger partial charge in [-0.25, -0.2) is 0 Å². The number of nitrogens with zero attached hydrogens (tertiary/aromatic N) is 1. The van der Waals surface area contributed by atoms with Crippen LogP contribution in [0.2, 0.25) is 0 Å². The minimum atomic E-state index is -0.690. The maximum absolute atomic E-state index is 12.7. The quantitative estimate of drug-likeness (QED) is 0.416. The molecule has 0 spiro atoms. The molecule has 1 heterocycles. The fourth-order valence-electron chi connectivity index (χ4n) is 2.30. The zero-order valence-corrected chi connectivity index (χ0v) is 12.5. The van der Waals surface area contributed by atoms with E-state index in [2.05, 4.69) is 0 Å². The Kier molecular flexibility index (Phi) is 3.83. The fourth-order valence-corrected chi connectivity index (χ4v) is 2.30. The van der Waals surface area contributed by atoms with E-state index in [4.69, 9.17) is 9.15 Å². The van der Waals surface area contributed by atoms with Gasteiger partial charge in [-0.2, -0.15) is 0 Å². The number of non-ortho nitro benzene ring substituents is 1. The Hall–Kier alpha value is -3.48. The first kappa shape index (κ1) is 15.4. The van der Waals surface area contributed by atoms with Crippen molar-refractivity contribution in [2.45, 2.75) is 6.92 Å². The Morgan fingerprint density at radius 1 is 1.17 bits per heavy atom. The number of ether oxygens (including phenoxy) is 1. The summed E-state index contributed by atoms with van der Waals surface area (Å²) >= 11 is 0. The third kappa shape index (κ3) is 2.74. The molecule has 0 amide bonds. The van der Waals surface area contributed by atoms with Crippen LogP contribution in [0.25, 0.3) is 22.3 Å². The topological polar surface area (TPSA) is 99.7 Å². The van der Waals surface area contributed by atoms with Gasteiger partial charge in [0.25, 0.3) is 5.69 Å². The third-order valence-electron chi connectivity index (χ3n) is 3.32. The van der Waals surface area contributed by atoms with E-state index in [0.717, 1.165) is 13.0 Å². The molecular weight excluding hydrogens is 314 g/mol. The average molecular weight is 325 g/mol.